The fourth-order valence-electron chi connectivity index (χ4n) is 9.24. The van der Waals surface area contributed by atoms with Crippen molar-refractivity contribution in [2.45, 2.75) is 114 Å². The number of hydrogen-bond donors (Lipinski definition) is 1. The molecular weight excluding hydrogens is 557 g/mol. The standard InChI is InChI=1S/C32H42F5NO2S/c1-28-14-11-23(39)20-22(28)19-21(9-5-3-4-8-18-41-26-10-6-7-17-38-26)27-24(28)12-15-29(2)25(27)13-16-30(29,40)31(33,34)32(35,36)37/h6-7,10,17,20-21,24-25,27,40H,3-5,8-9,11-16,18-19H2,1-2H3/t21?,24-,25+,27-,28+,29+,30?/m1/s1. The summed E-state index contributed by atoms with van der Waals surface area (Å²) in [6.45, 7) is 3.67. The lowest BCUT2D eigenvalue weighted by molar-refractivity contribution is -0.364. The number of ketones is 1. The minimum absolute atomic E-state index is 0.0399. The van der Waals surface area contributed by atoms with E-state index in [1.54, 1.807) is 24.0 Å². The molecule has 0 aliphatic heterocycles. The summed E-state index contributed by atoms with van der Waals surface area (Å²) in [4.78, 5) is 16.7. The number of thioether (sulfide) groups is 1. The summed E-state index contributed by atoms with van der Waals surface area (Å²) >= 11 is 1.73. The molecule has 0 spiro atoms. The Labute approximate surface area is 244 Å². The lowest BCUT2D eigenvalue weighted by Crippen LogP contribution is -2.66. The van der Waals surface area contributed by atoms with E-state index in [-0.39, 0.29) is 41.8 Å². The van der Waals surface area contributed by atoms with Gasteiger partial charge in [0.2, 0.25) is 0 Å². The number of hydrogen-bond acceptors (Lipinski definition) is 4. The normalized spacial score (nSPS) is 37.3. The lowest BCUT2D eigenvalue weighted by Gasteiger charge is -2.62. The number of halogens is 5. The summed E-state index contributed by atoms with van der Waals surface area (Å²) in [6, 6.07) is 5.86. The van der Waals surface area contributed by atoms with Crippen LogP contribution in [0, 0.1) is 34.5 Å². The zero-order valence-corrected chi connectivity index (χ0v) is 24.8. The molecule has 228 valence electrons. The molecule has 41 heavy (non-hydrogen) atoms. The number of allylic oxidation sites excluding steroid dienone is 1. The molecule has 1 heterocycles. The highest BCUT2D eigenvalue weighted by Crippen LogP contribution is 2.72. The Hall–Kier alpha value is -1.48. The fourth-order valence-corrected chi connectivity index (χ4v) is 10.1. The van der Waals surface area contributed by atoms with Gasteiger partial charge in [-0.15, -0.1) is 11.8 Å². The predicted molar refractivity (Wildman–Crippen MR) is 150 cm³/mol. The minimum atomic E-state index is -5.80. The molecule has 1 aromatic rings. The van der Waals surface area contributed by atoms with Gasteiger partial charge in [0.05, 0.1) is 5.03 Å². The molecule has 3 fully saturated rings. The van der Waals surface area contributed by atoms with Gasteiger partial charge < -0.3 is 5.11 Å². The highest BCUT2D eigenvalue weighted by molar-refractivity contribution is 7.99. The van der Waals surface area contributed by atoms with E-state index in [0.717, 1.165) is 48.5 Å². The molecule has 1 aromatic heterocycles. The molecule has 5 rings (SSSR count). The van der Waals surface area contributed by atoms with Gasteiger partial charge in [-0.25, -0.2) is 4.98 Å². The Morgan fingerprint density at radius 1 is 1.00 bits per heavy atom. The van der Waals surface area contributed by atoms with Gasteiger partial charge in [0, 0.05) is 18.0 Å². The Balaban J connectivity index is 1.32. The Kier molecular flexibility index (Phi) is 8.47. The van der Waals surface area contributed by atoms with Crippen LogP contribution in [0.15, 0.2) is 41.1 Å². The molecule has 7 atom stereocenters. The van der Waals surface area contributed by atoms with Crippen LogP contribution in [0.5, 0.6) is 0 Å². The second-order valence-corrected chi connectivity index (χ2v) is 14.6. The van der Waals surface area contributed by atoms with E-state index in [9.17, 15) is 31.9 Å². The van der Waals surface area contributed by atoms with E-state index >= 15 is 0 Å². The van der Waals surface area contributed by atoms with Crippen molar-refractivity contribution in [1.82, 2.24) is 4.98 Å². The SMILES string of the molecule is C[C@]12CCC(=O)C=C1CC(CCCCCCSc1ccccn1)[C@@H]1[C@H]2CC[C@@]2(C)[C@H]1CCC2(O)C(F)(F)C(F)(F)F. The van der Waals surface area contributed by atoms with Crippen molar-refractivity contribution in [1.29, 1.82) is 0 Å². The van der Waals surface area contributed by atoms with Crippen molar-refractivity contribution in [3.63, 3.8) is 0 Å². The average Bonchev–Trinajstić information content (AvgIpc) is 3.20. The Morgan fingerprint density at radius 2 is 1.73 bits per heavy atom. The largest absolute Gasteiger partial charge is 0.456 e. The predicted octanol–water partition coefficient (Wildman–Crippen LogP) is 8.81. The number of rotatable bonds is 9. The third kappa shape index (κ3) is 5.19. The van der Waals surface area contributed by atoms with E-state index in [1.807, 2.05) is 18.2 Å². The van der Waals surface area contributed by atoms with Gasteiger partial charge in [-0.2, -0.15) is 22.0 Å². The maximum atomic E-state index is 15.0. The van der Waals surface area contributed by atoms with Crippen LogP contribution in [-0.4, -0.2) is 39.3 Å². The van der Waals surface area contributed by atoms with E-state index in [1.165, 1.54) is 6.92 Å². The molecule has 3 nitrogen and oxygen atoms in total. The number of aliphatic hydroxyl groups is 1. The molecule has 3 saturated carbocycles. The third-order valence-electron chi connectivity index (χ3n) is 11.5. The first-order valence-electron chi connectivity index (χ1n) is 15.2. The molecule has 0 saturated heterocycles. The summed E-state index contributed by atoms with van der Waals surface area (Å²) in [5.74, 6) is -4.28. The van der Waals surface area contributed by atoms with E-state index in [2.05, 4.69) is 11.9 Å². The molecule has 0 aromatic carbocycles. The topological polar surface area (TPSA) is 50.2 Å². The van der Waals surface area contributed by atoms with Crippen LogP contribution in [0.4, 0.5) is 22.0 Å². The zero-order chi connectivity index (χ0) is 29.7. The number of pyridine rings is 1. The molecular formula is C32H42F5NO2S. The smallest absolute Gasteiger partial charge is 0.383 e. The van der Waals surface area contributed by atoms with E-state index in [0.29, 0.717) is 25.7 Å². The maximum absolute atomic E-state index is 15.0. The van der Waals surface area contributed by atoms with Crippen LogP contribution in [0.2, 0.25) is 0 Å². The quantitative estimate of drug-likeness (QED) is 0.175. The summed E-state index contributed by atoms with van der Waals surface area (Å²) in [7, 11) is 0. The van der Waals surface area contributed by atoms with Crippen LogP contribution < -0.4 is 0 Å². The Morgan fingerprint density at radius 3 is 2.44 bits per heavy atom. The third-order valence-corrected chi connectivity index (χ3v) is 12.6. The second-order valence-electron chi connectivity index (χ2n) is 13.5. The summed E-state index contributed by atoms with van der Waals surface area (Å²) in [5, 5.41) is 12.3. The van der Waals surface area contributed by atoms with Gasteiger partial charge in [-0.05, 0) is 104 Å². The molecule has 4 aliphatic carbocycles. The molecule has 4 aliphatic rings. The number of fused-ring (bicyclic) bond motifs is 5. The van der Waals surface area contributed by atoms with Crippen LogP contribution in [0.25, 0.3) is 0 Å². The number of carbonyl (C=O) groups is 1. The van der Waals surface area contributed by atoms with Gasteiger partial charge in [-0.1, -0.05) is 44.7 Å². The molecule has 9 heteroatoms. The summed E-state index contributed by atoms with van der Waals surface area (Å²) < 4.78 is 70.8. The van der Waals surface area contributed by atoms with E-state index in [4.69, 9.17) is 0 Å². The molecule has 0 bridgehead atoms. The number of carbonyl (C=O) groups excluding carboxylic acids is 1. The molecule has 0 amide bonds. The highest BCUT2D eigenvalue weighted by atomic mass is 32.2. The fraction of sp³-hybridized carbons (Fsp3) is 0.750. The molecule has 1 N–H and O–H groups in total. The van der Waals surface area contributed by atoms with Crippen LogP contribution >= 0.6 is 11.8 Å². The van der Waals surface area contributed by atoms with Crippen molar-refractivity contribution < 1.29 is 31.9 Å². The molecule has 2 unspecified atom stereocenters. The first kappa shape index (κ1) is 31.0. The first-order chi connectivity index (χ1) is 19.2. The van der Waals surface area contributed by atoms with Crippen molar-refractivity contribution >= 4 is 17.5 Å². The van der Waals surface area contributed by atoms with Crippen molar-refractivity contribution in [3.05, 3.63) is 36.0 Å². The van der Waals surface area contributed by atoms with Crippen molar-refractivity contribution in [2.75, 3.05) is 5.75 Å². The number of aromatic nitrogens is 1. The number of unbranched alkanes of at least 4 members (excludes halogenated alkanes) is 3. The van der Waals surface area contributed by atoms with Gasteiger partial charge in [0.15, 0.2) is 5.78 Å². The van der Waals surface area contributed by atoms with Gasteiger partial charge in [0.25, 0.3) is 0 Å². The summed E-state index contributed by atoms with van der Waals surface area (Å²) in [5.41, 5.74) is -3.73. The first-order valence-corrected chi connectivity index (χ1v) is 16.2. The number of nitrogens with zero attached hydrogens (tertiary/aromatic N) is 1. The van der Waals surface area contributed by atoms with Gasteiger partial charge in [-0.3, -0.25) is 4.79 Å². The Bertz CT molecular complexity index is 1140. The van der Waals surface area contributed by atoms with Crippen LogP contribution in [0.1, 0.15) is 90.9 Å². The van der Waals surface area contributed by atoms with Gasteiger partial charge >= 0.3 is 12.1 Å². The maximum Gasteiger partial charge on any atom is 0.456 e. The van der Waals surface area contributed by atoms with E-state index < -0.39 is 35.5 Å². The molecule has 0 radical (unpaired) electrons. The summed E-state index contributed by atoms with van der Waals surface area (Å²) in [6.07, 6.45) is 4.83. The zero-order valence-electron chi connectivity index (χ0n) is 24.0. The minimum Gasteiger partial charge on any atom is -0.383 e. The van der Waals surface area contributed by atoms with Crippen LogP contribution in [0.3, 0.4) is 0 Å². The highest BCUT2D eigenvalue weighted by Gasteiger charge is 2.79. The number of alkyl halides is 5. The van der Waals surface area contributed by atoms with Crippen LogP contribution in [-0.2, 0) is 4.79 Å². The van der Waals surface area contributed by atoms with Crippen molar-refractivity contribution in [2.24, 2.45) is 34.5 Å². The van der Waals surface area contributed by atoms with Crippen molar-refractivity contribution in [3.8, 4) is 0 Å². The monoisotopic (exact) mass is 599 g/mol. The lowest BCUT2D eigenvalue weighted by atomic mass is 9.43. The van der Waals surface area contributed by atoms with Gasteiger partial charge in [0.1, 0.15) is 5.60 Å². The average molecular weight is 600 g/mol. The second kappa shape index (κ2) is 11.2.